The normalized spacial score (nSPS) is 18.1. The molecule has 1 aromatic carbocycles. The van der Waals surface area contributed by atoms with Gasteiger partial charge in [0.1, 0.15) is 11.4 Å². The van der Waals surface area contributed by atoms with Gasteiger partial charge < -0.3 is 15.1 Å². The number of carbonyl (C=O) groups is 1. The van der Waals surface area contributed by atoms with Crippen molar-refractivity contribution in [3.8, 4) is 5.75 Å². The molecule has 0 atom stereocenters. The van der Waals surface area contributed by atoms with Gasteiger partial charge in [0.15, 0.2) is 0 Å². The first-order valence-corrected chi connectivity index (χ1v) is 6.98. The molecule has 2 N–H and O–H groups in total. The summed E-state index contributed by atoms with van der Waals surface area (Å²) in [7, 11) is 0. The van der Waals surface area contributed by atoms with Gasteiger partial charge in [-0.1, -0.05) is 23.2 Å². The van der Waals surface area contributed by atoms with E-state index in [0.717, 1.165) is 0 Å². The number of aliphatic hydroxyl groups is 1. The van der Waals surface area contributed by atoms with Crippen LogP contribution in [0, 0.1) is 0 Å². The van der Waals surface area contributed by atoms with Crippen molar-refractivity contribution in [3.63, 3.8) is 0 Å². The van der Waals surface area contributed by atoms with Crippen LogP contribution >= 0.6 is 23.2 Å². The summed E-state index contributed by atoms with van der Waals surface area (Å²) in [5.41, 5.74) is -2.15. The summed E-state index contributed by atoms with van der Waals surface area (Å²) in [6, 6.07) is 2.56. The van der Waals surface area contributed by atoms with Gasteiger partial charge in [-0.2, -0.15) is 0 Å². The van der Waals surface area contributed by atoms with Crippen LogP contribution in [0.15, 0.2) is 12.1 Å². The summed E-state index contributed by atoms with van der Waals surface area (Å²) >= 11 is 11.5. The third-order valence-electron chi connectivity index (χ3n) is 3.58. The van der Waals surface area contributed by atoms with Gasteiger partial charge in [-0.3, -0.25) is 4.79 Å². The van der Waals surface area contributed by atoms with E-state index in [0.29, 0.717) is 0 Å². The van der Waals surface area contributed by atoms with Crippen LogP contribution in [0.3, 0.4) is 0 Å². The van der Waals surface area contributed by atoms with Crippen LogP contribution in [0.4, 0.5) is 8.78 Å². The maximum absolute atomic E-state index is 12.7. The van der Waals surface area contributed by atoms with E-state index in [1.807, 2.05) is 0 Å². The number of likely N-dealkylation sites (tertiary alicyclic amines) is 1. The lowest BCUT2D eigenvalue weighted by atomic mass is 9.91. The largest absolute Gasteiger partial charge is 0.506 e. The van der Waals surface area contributed by atoms with Gasteiger partial charge in [0.2, 0.25) is 0 Å². The van der Waals surface area contributed by atoms with Gasteiger partial charge in [-0.25, -0.2) is 8.78 Å². The van der Waals surface area contributed by atoms with E-state index in [4.69, 9.17) is 23.2 Å². The minimum absolute atomic E-state index is 0.0384. The highest BCUT2D eigenvalue weighted by atomic mass is 35.5. The second-order valence-corrected chi connectivity index (χ2v) is 5.82. The summed E-state index contributed by atoms with van der Waals surface area (Å²) in [6.45, 7) is -0.0769. The van der Waals surface area contributed by atoms with Crippen molar-refractivity contribution in [2.24, 2.45) is 0 Å². The van der Waals surface area contributed by atoms with Crippen LogP contribution in [-0.2, 0) is 0 Å². The molecule has 0 spiro atoms. The standard InChI is InChI=1S/C13H13Cl2F2NO3/c14-7-5-8(10(19)9(15)6-7)11(20)18-3-1-13(21,2-4-18)12(16)17/h5-6,12,19,21H,1-4H2. The number of phenolic OH excluding ortho intramolecular Hbond substituents is 1. The highest BCUT2D eigenvalue weighted by Crippen LogP contribution is 2.34. The minimum atomic E-state index is -2.86. The fraction of sp³-hybridized carbons (Fsp3) is 0.462. The van der Waals surface area contributed by atoms with Gasteiger partial charge in [-0.15, -0.1) is 0 Å². The van der Waals surface area contributed by atoms with Crippen LogP contribution < -0.4 is 0 Å². The molecule has 0 aromatic heterocycles. The molecule has 4 nitrogen and oxygen atoms in total. The lowest BCUT2D eigenvalue weighted by Gasteiger charge is -2.37. The minimum Gasteiger partial charge on any atom is -0.506 e. The number of alkyl halides is 2. The number of benzene rings is 1. The maximum atomic E-state index is 12.7. The zero-order chi connectivity index (χ0) is 15.8. The summed E-state index contributed by atoms with van der Waals surface area (Å²) < 4.78 is 25.4. The van der Waals surface area contributed by atoms with E-state index >= 15 is 0 Å². The SMILES string of the molecule is O=C(c1cc(Cl)cc(Cl)c1O)N1CCC(O)(C(F)F)CC1. The summed E-state index contributed by atoms with van der Waals surface area (Å²) in [6.07, 6.45) is -3.32. The molecular weight excluding hydrogens is 327 g/mol. The Labute approximate surface area is 129 Å². The number of halogens is 4. The second kappa shape index (κ2) is 5.94. The summed E-state index contributed by atoms with van der Waals surface area (Å²) in [5.74, 6) is -0.964. The van der Waals surface area contributed by atoms with Crippen LogP contribution in [0.2, 0.25) is 10.0 Å². The molecule has 0 bridgehead atoms. The van der Waals surface area contributed by atoms with E-state index in [2.05, 4.69) is 0 Å². The number of rotatable bonds is 2. The van der Waals surface area contributed by atoms with Crippen LogP contribution in [0.5, 0.6) is 5.75 Å². The molecule has 0 aliphatic carbocycles. The Hall–Kier alpha value is -1.11. The predicted octanol–water partition coefficient (Wildman–Crippen LogP) is 2.93. The van der Waals surface area contributed by atoms with Crippen molar-refractivity contribution in [3.05, 3.63) is 27.7 Å². The zero-order valence-corrected chi connectivity index (χ0v) is 12.3. The van der Waals surface area contributed by atoms with Crippen LogP contribution in [-0.4, -0.2) is 46.1 Å². The highest BCUT2D eigenvalue weighted by molar-refractivity contribution is 6.36. The molecule has 0 unspecified atom stereocenters. The number of amides is 1. The van der Waals surface area contributed by atoms with E-state index in [-0.39, 0.29) is 41.5 Å². The second-order valence-electron chi connectivity index (χ2n) is 4.98. The quantitative estimate of drug-likeness (QED) is 0.870. The number of nitrogens with zero attached hydrogens (tertiary/aromatic N) is 1. The monoisotopic (exact) mass is 339 g/mol. The highest BCUT2D eigenvalue weighted by Gasteiger charge is 2.42. The molecule has 1 amide bonds. The van der Waals surface area contributed by atoms with Crippen molar-refractivity contribution in [1.82, 2.24) is 4.90 Å². The van der Waals surface area contributed by atoms with Gasteiger partial charge in [0.25, 0.3) is 12.3 Å². The van der Waals surface area contributed by atoms with Gasteiger partial charge >= 0.3 is 0 Å². The first-order valence-electron chi connectivity index (χ1n) is 6.22. The first-order chi connectivity index (χ1) is 9.74. The molecule has 1 fully saturated rings. The lowest BCUT2D eigenvalue weighted by Crippen LogP contribution is -2.50. The number of piperidine rings is 1. The van der Waals surface area contributed by atoms with Crippen molar-refractivity contribution in [2.75, 3.05) is 13.1 Å². The fourth-order valence-electron chi connectivity index (χ4n) is 2.21. The van der Waals surface area contributed by atoms with E-state index in [9.17, 15) is 23.8 Å². The lowest BCUT2D eigenvalue weighted by molar-refractivity contribution is -0.122. The van der Waals surface area contributed by atoms with Crippen molar-refractivity contribution >= 4 is 29.1 Å². The van der Waals surface area contributed by atoms with Crippen molar-refractivity contribution in [1.29, 1.82) is 0 Å². The molecule has 8 heteroatoms. The van der Waals surface area contributed by atoms with E-state index < -0.39 is 23.7 Å². The maximum Gasteiger partial charge on any atom is 0.266 e. The van der Waals surface area contributed by atoms with Crippen LogP contribution in [0.25, 0.3) is 0 Å². The molecule has 0 saturated carbocycles. The molecule has 1 saturated heterocycles. The Kier molecular flexibility index (Phi) is 4.60. The molecule has 1 aromatic rings. The zero-order valence-electron chi connectivity index (χ0n) is 10.8. The molecule has 21 heavy (non-hydrogen) atoms. The van der Waals surface area contributed by atoms with Crippen molar-refractivity contribution in [2.45, 2.75) is 24.9 Å². The molecule has 116 valence electrons. The van der Waals surface area contributed by atoms with Gasteiger partial charge in [0, 0.05) is 18.1 Å². The Morgan fingerprint density at radius 2 is 1.86 bits per heavy atom. The molecule has 0 radical (unpaired) electrons. The van der Waals surface area contributed by atoms with Gasteiger partial charge in [-0.05, 0) is 25.0 Å². The molecule has 1 heterocycles. The molecule has 1 aliphatic heterocycles. The first kappa shape index (κ1) is 16.3. The van der Waals surface area contributed by atoms with E-state index in [1.54, 1.807) is 0 Å². The topological polar surface area (TPSA) is 60.8 Å². The number of aromatic hydroxyl groups is 1. The summed E-state index contributed by atoms with van der Waals surface area (Å²) in [4.78, 5) is 13.6. The molecule has 2 rings (SSSR count). The number of hydrogen-bond donors (Lipinski definition) is 2. The average Bonchev–Trinajstić information content (AvgIpc) is 2.42. The third kappa shape index (κ3) is 3.22. The molecule has 1 aliphatic rings. The molecular formula is C13H13Cl2F2NO3. The average molecular weight is 340 g/mol. The Bertz CT molecular complexity index is 561. The van der Waals surface area contributed by atoms with Crippen molar-refractivity contribution < 1.29 is 23.8 Å². The Morgan fingerprint density at radius 3 is 2.38 bits per heavy atom. The number of hydrogen-bond acceptors (Lipinski definition) is 3. The van der Waals surface area contributed by atoms with Crippen LogP contribution in [0.1, 0.15) is 23.2 Å². The smallest absolute Gasteiger partial charge is 0.266 e. The predicted molar refractivity (Wildman–Crippen MR) is 74.2 cm³/mol. The number of carbonyl (C=O) groups excluding carboxylic acids is 1. The summed E-state index contributed by atoms with van der Waals surface area (Å²) in [5, 5.41) is 19.6. The Morgan fingerprint density at radius 1 is 1.29 bits per heavy atom. The van der Waals surface area contributed by atoms with E-state index in [1.165, 1.54) is 17.0 Å². The number of phenols is 1. The Balaban J connectivity index is 2.16. The third-order valence-corrected chi connectivity index (χ3v) is 4.09. The van der Waals surface area contributed by atoms with Gasteiger partial charge in [0.05, 0.1) is 10.6 Å². The fourth-order valence-corrected chi connectivity index (χ4v) is 2.71.